The van der Waals surface area contributed by atoms with Gasteiger partial charge in [-0.2, -0.15) is 5.10 Å². The first kappa shape index (κ1) is 22.0. The van der Waals surface area contributed by atoms with Crippen LogP contribution in [0.1, 0.15) is 24.5 Å². The predicted molar refractivity (Wildman–Crippen MR) is 119 cm³/mol. The van der Waals surface area contributed by atoms with Gasteiger partial charge in [0.2, 0.25) is 0 Å². The summed E-state index contributed by atoms with van der Waals surface area (Å²) in [6, 6.07) is 8.46. The molecule has 0 unspecified atom stereocenters. The van der Waals surface area contributed by atoms with Gasteiger partial charge >= 0.3 is 0 Å². The van der Waals surface area contributed by atoms with E-state index in [1.54, 1.807) is 0 Å². The van der Waals surface area contributed by atoms with Crippen molar-refractivity contribution in [3.05, 3.63) is 52.3 Å². The molecule has 0 saturated heterocycles. The monoisotopic (exact) mass is 519 g/mol. The van der Waals surface area contributed by atoms with Crippen LogP contribution in [0.3, 0.4) is 0 Å². The van der Waals surface area contributed by atoms with Crippen LogP contribution in [-0.4, -0.2) is 40.8 Å². The zero-order valence-corrected chi connectivity index (χ0v) is 19.0. The van der Waals surface area contributed by atoms with Gasteiger partial charge in [0.25, 0.3) is 0 Å². The highest BCUT2D eigenvalue weighted by atomic mass is 127. The SMILES string of the molecule is CCNC(=NCCCc1cccc(Br)c1)N(C)Cc1cnn(C)c1.I. The number of aryl methyl sites for hydroxylation is 2. The van der Waals surface area contributed by atoms with Crippen LogP contribution >= 0.6 is 39.9 Å². The van der Waals surface area contributed by atoms with Crippen molar-refractivity contribution in [3.8, 4) is 0 Å². The van der Waals surface area contributed by atoms with Gasteiger partial charge in [0, 0.05) is 50.0 Å². The molecular formula is C18H27BrIN5. The van der Waals surface area contributed by atoms with E-state index in [4.69, 9.17) is 4.99 Å². The summed E-state index contributed by atoms with van der Waals surface area (Å²) in [6.07, 6.45) is 6.00. The van der Waals surface area contributed by atoms with Crippen molar-refractivity contribution in [2.45, 2.75) is 26.3 Å². The van der Waals surface area contributed by atoms with E-state index in [2.05, 4.69) is 69.5 Å². The molecule has 1 aromatic heterocycles. The number of benzene rings is 1. The molecule has 138 valence electrons. The van der Waals surface area contributed by atoms with E-state index in [9.17, 15) is 0 Å². The number of hydrogen-bond donors (Lipinski definition) is 1. The predicted octanol–water partition coefficient (Wildman–Crippen LogP) is 3.83. The van der Waals surface area contributed by atoms with Gasteiger partial charge in [-0.05, 0) is 37.5 Å². The number of aliphatic imine (C=N–C) groups is 1. The molecule has 2 aromatic rings. The zero-order chi connectivity index (χ0) is 17.4. The molecular weight excluding hydrogens is 493 g/mol. The molecule has 0 aliphatic carbocycles. The Hall–Kier alpha value is -1.09. The van der Waals surface area contributed by atoms with Crippen LogP contribution in [0.15, 0.2) is 46.1 Å². The molecule has 0 amide bonds. The molecule has 0 saturated carbocycles. The Balaban J connectivity index is 0.00000312. The molecule has 5 nitrogen and oxygen atoms in total. The lowest BCUT2D eigenvalue weighted by Gasteiger charge is -2.21. The Morgan fingerprint density at radius 3 is 2.80 bits per heavy atom. The fourth-order valence-electron chi connectivity index (χ4n) is 2.53. The smallest absolute Gasteiger partial charge is 0.193 e. The second kappa shape index (κ2) is 11.5. The number of nitrogens with zero attached hydrogens (tertiary/aromatic N) is 4. The molecule has 0 aliphatic rings. The van der Waals surface area contributed by atoms with Crippen LogP contribution in [0.4, 0.5) is 0 Å². The summed E-state index contributed by atoms with van der Waals surface area (Å²) in [7, 11) is 3.99. The van der Waals surface area contributed by atoms with Gasteiger partial charge in [0.05, 0.1) is 6.20 Å². The van der Waals surface area contributed by atoms with E-state index in [-0.39, 0.29) is 24.0 Å². The third-order valence-corrected chi connectivity index (χ3v) is 4.14. The van der Waals surface area contributed by atoms with Crippen molar-refractivity contribution in [1.82, 2.24) is 20.0 Å². The first-order chi connectivity index (χ1) is 11.6. The third kappa shape index (κ3) is 7.77. The van der Waals surface area contributed by atoms with Crippen molar-refractivity contribution in [3.63, 3.8) is 0 Å². The second-order valence-corrected chi connectivity index (χ2v) is 6.76. The van der Waals surface area contributed by atoms with E-state index in [1.165, 1.54) is 11.1 Å². The lowest BCUT2D eigenvalue weighted by atomic mass is 10.1. The van der Waals surface area contributed by atoms with Crippen LogP contribution in [-0.2, 0) is 20.0 Å². The van der Waals surface area contributed by atoms with Crippen LogP contribution in [0.2, 0.25) is 0 Å². The van der Waals surface area contributed by atoms with E-state index in [1.807, 2.05) is 24.1 Å². The van der Waals surface area contributed by atoms with Crippen molar-refractivity contribution < 1.29 is 0 Å². The molecule has 0 spiro atoms. The van der Waals surface area contributed by atoms with E-state index in [0.717, 1.165) is 42.9 Å². The molecule has 0 atom stereocenters. The Bertz CT molecular complexity index is 671. The molecule has 2 rings (SSSR count). The van der Waals surface area contributed by atoms with E-state index < -0.39 is 0 Å². The first-order valence-corrected chi connectivity index (χ1v) is 9.09. The quantitative estimate of drug-likeness (QED) is 0.262. The summed E-state index contributed by atoms with van der Waals surface area (Å²) in [5.41, 5.74) is 2.52. The lowest BCUT2D eigenvalue weighted by molar-refractivity contribution is 0.476. The molecule has 0 bridgehead atoms. The molecule has 25 heavy (non-hydrogen) atoms. The Labute approximate surface area is 176 Å². The van der Waals surface area contributed by atoms with Gasteiger partial charge in [-0.15, -0.1) is 24.0 Å². The molecule has 1 N–H and O–H groups in total. The Kier molecular flexibility index (Phi) is 10.1. The maximum Gasteiger partial charge on any atom is 0.193 e. The molecule has 7 heteroatoms. The number of aromatic nitrogens is 2. The minimum absolute atomic E-state index is 0. The lowest BCUT2D eigenvalue weighted by Crippen LogP contribution is -2.38. The number of halogens is 2. The Morgan fingerprint density at radius 1 is 1.36 bits per heavy atom. The maximum absolute atomic E-state index is 4.75. The Morgan fingerprint density at radius 2 is 2.16 bits per heavy atom. The summed E-state index contributed by atoms with van der Waals surface area (Å²) >= 11 is 3.52. The minimum Gasteiger partial charge on any atom is -0.357 e. The maximum atomic E-state index is 4.75. The highest BCUT2D eigenvalue weighted by molar-refractivity contribution is 14.0. The molecule has 0 aliphatic heterocycles. The molecule has 0 fully saturated rings. The third-order valence-electron chi connectivity index (χ3n) is 3.65. The normalized spacial score (nSPS) is 11.1. The van der Waals surface area contributed by atoms with Gasteiger partial charge in [0.1, 0.15) is 0 Å². The van der Waals surface area contributed by atoms with Crippen LogP contribution in [0.5, 0.6) is 0 Å². The fourth-order valence-corrected chi connectivity index (χ4v) is 2.98. The fraction of sp³-hybridized carbons (Fsp3) is 0.444. The minimum atomic E-state index is 0. The standard InChI is InChI=1S/C18H26BrN5.HI/c1-4-20-18(23(2)13-16-12-22-24(3)14-16)21-10-6-8-15-7-5-9-17(19)11-15;/h5,7,9,11-12,14H,4,6,8,10,13H2,1-3H3,(H,20,21);1H. The van der Waals surface area contributed by atoms with Gasteiger partial charge in [-0.25, -0.2) is 0 Å². The highest BCUT2D eigenvalue weighted by Gasteiger charge is 2.07. The van der Waals surface area contributed by atoms with Gasteiger partial charge < -0.3 is 10.2 Å². The van der Waals surface area contributed by atoms with E-state index >= 15 is 0 Å². The average Bonchev–Trinajstić information content (AvgIpc) is 2.95. The van der Waals surface area contributed by atoms with Crippen molar-refractivity contribution >= 4 is 45.9 Å². The first-order valence-electron chi connectivity index (χ1n) is 8.30. The summed E-state index contributed by atoms with van der Waals surface area (Å²) in [4.78, 5) is 6.88. The highest BCUT2D eigenvalue weighted by Crippen LogP contribution is 2.13. The molecule has 0 radical (unpaired) electrons. The summed E-state index contributed by atoms with van der Waals surface area (Å²) in [6.45, 7) is 4.56. The van der Waals surface area contributed by atoms with Crippen molar-refractivity contribution in [2.75, 3.05) is 20.1 Å². The average molecular weight is 520 g/mol. The largest absolute Gasteiger partial charge is 0.357 e. The van der Waals surface area contributed by atoms with Crippen molar-refractivity contribution in [1.29, 1.82) is 0 Å². The van der Waals surface area contributed by atoms with Crippen molar-refractivity contribution in [2.24, 2.45) is 12.0 Å². The number of guanidine groups is 1. The molecule has 1 aromatic carbocycles. The zero-order valence-electron chi connectivity index (χ0n) is 15.1. The summed E-state index contributed by atoms with van der Waals surface area (Å²) < 4.78 is 2.96. The van der Waals surface area contributed by atoms with Gasteiger partial charge in [-0.3, -0.25) is 9.67 Å². The van der Waals surface area contributed by atoms with Gasteiger partial charge in [-0.1, -0.05) is 28.1 Å². The van der Waals surface area contributed by atoms with Crippen LogP contribution < -0.4 is 5.32 Å². The van der Waals surface area contributed by atoms with Crippen LogP contribution in [0.25, 0.3) is 0 Å². The topological polar surface area (TPSA) is 45.5 Å². The van der Waals surface area contributed by atoms with Crippen LogP contribution in [0, 0.1) is 0 Å². The second-order valence-electron chi connectivity index (χ2n) is 5.85. The van der Waals surface area contributed by atoms with Gasteiger partial charge in [0.15, 0.2) is 5.96 Å². The number of hydrogen-bond acceptors (Lipinski definition) is 2. The number of rotatable bonds is 7. The summed E-state index contributed by atoms with van der Waals surface area (Å²) in [5, 5.41) is 7.58. The van der Waals surface area contributed by atoms with E-state index in [0.29, 0.717) is 0 Å². The number of nitrogens with one attached hydrogen (secondary N) is 1. The summed E-state index contributed by atoms with van der Waals surface area (Å²) in [5.74, 6) is 0.940. The molecule has 1 heterocycles.